The van der Waals surface area contributed by atoms with Crippen molar-refractivity contribution < 1.29 is 14.6 Å². The van der Waals surface area contributed by atoms with Crippen LogP contribution in [-0.2, 0) is 11.2 Å². The highest BCUT2D eigenvalue weighted by atomic mass is 35.5. The van der Waals surface area contributed by atoms with Gasteiger partial charge in [0.1, 0.15) is 10.9 Å². The van der Waals surface area contributed by atoms with Gasteiger partial charge in [-0.15, -0.1) is 0 Å². The van der Waals surface area contributed by atoms with Crippen LogP contribution in [0.3, 0.4) is 0 Å². The van der Waals surface area contributed by atoms with E-state index in [2.05, 4.69) is 4.98 Å². The van der Waals surface area contributed by atoms with Crippen molar-refractivity contribution in [1.29, 1.82) is 0 Å². The summed E-state index contributed by atoms with van der Waals surface area (Å²) in [4.78, 5) is 14.8. The van der Waals surface area contributed by atoms with Gasteiger partial charge in [0.15, 0.2) is 0 Å². The van der Waals surface area contributed by atoms with Crippen LogP contribution in [0.25, 0.3) is 10.9 Å². The normalized spacial score (nSPS) is 10.6. The number of benzene rings is 1. The predicted molar refractivity (Wildman–Crippen MR) is 69.3 cm³/mol. The fraction of sp³-hybridized carbons (Fsp3) is 0.231. The van der Waals surface area contributed by atoms with Crippen LogP contribution < -0.4 is 4.74 Å². The number of aliphatic carboxylic acids is 1. The lowest BCUT2D eigenvalue weighted by Gasteiger charge is -2.06. The van der Waals surface area contributed by atoms with Crippen LogP contribution in [0.15, 0.2) is 24.3 Å². The van der Waals surface area contributed by atoms with Crippen LogP contribution in [0.1, 0.15) is 12.0 Å². The van der Waals surface area contributed by atoms with Gasteiger partial charge in [-0.05, 0) is 30.2 Å². The molecule has 0 amide bonds. The van der Waals surface area contributed by atoms with Crippen molar-refractivity contribution in [2.75, 3.05) is 7.11 Å². The topological polar surface area (TPSA) is 59.4 Å². The molecule has 0 fully saturated rings. The number of ether oxygens (including phenoxy) is 1. The first-order valence-corrected chi connectivity index (χ1v) is 5.83. The zero-order chi connectivity index (χ0) is 13.1. The second-order valence-electron chi connectivity index (χ2n) is 3.89. The Balaban J connectivity index is 2.39. The van der Waals surface area contributed by atoms with E-state index in [1.165, 1.54) is 0 Å². The quantitative estimate of drug-likeness (QED) is 0.864. The van der Waals surface area contributed by atoms with Crippen molar-refractivity contribution in [2.45, 2.75) is 12.8 Å². The minimum absolute atomic E-state index is 0.0447. The zero-order valence-electron chi connectivity index (χ0n) is 9.81. The molecule has 2 rings (SSSR count). The largest absolute Gasteiger partial charge is 0.497 e. The van der Waals surface area contributed by atoms with Crippen molar-refractivity contribution in [1.82, 2.24) is 4.98 Å². The summed E-state index contributed by atoms with van der Waals surface area (Å²) in [5.41, 5.74) is 1.48. The molecule has 94 valence electrons. The summed E-state index contributed by atoms with van der Waals surface area (Å²) in [7, 11) is 1.59. The molecule has 1 aromatic carbocycles. The second kappa shape index (κ2) is 5.23. The number of pyridine rings is 1. The number of carboxylic acids is 1. The first kappa shape index (κ1) is 12.6. The van der Waals surface area contributed by atoms with Gasteiger partial charge in [-0.1, -0.05) is 11.6 Å². The zero-order valence-corrected chi connectivity index (χ0v) is 10.6. The summed E-state index contributed by atoms with van der Waals surface area (Å²) in [5.74, 6) is -0.134. The Bertz CT molecular complexity index is 598. The molecule has 1 N–H and O–H groups in total. The molecule has 0 unspecified atom stereocenters. The molecule has 0 aliphatic heterocycles. The number of aromatic nitrogens is 1. The number of aryl methyl sites for hydroxylation is 1. The number of rotatable bonds is 4. The summed E-state index contributed by atoms with van der Waals surface area (Å²) < 4.78 is 5.11. The maximum Gasteiger partial charge on any atom is 0.303 e. The lowest BCUT2D eigenvalue weighted by molar-refractivity contribution is -0.136. The second-order valence-corrected chi connectivity index (χ2v) is 4.25. The van der Waals surface area contributed by atoms with E-state index < -0.39 is 5.97 Å². The van der Waals surface area contributed by atoms with Gasteiger partial charge in [-0.25, -0.2) is 4.98 Å². The van der Waals surface area contributed by atoms with Crippen LogP contribution >= 0.6 is 11.6 Å². The van der Waals surface area contributed by atoms with Crippen LogP contribution in [0.4, 0.5) is 0 Å². The number of carbonyl (C=O) groups is 1. The smallest absolute Gasteiger partial charge is 0.303 e. The number of methoxy groups -OCH3 is 1. The summed E-state index contributed by atoms with van der Waals surface area (Å²) in [6.07, 6.45) is 0.423. The number of hydrogen-bond donors (Lipinski definition) is 1. The van der Waals surface area contributed by atoms with E-state index in [1.807, 2.05) is 18.2 Å². The molecule has 0 aliphatic rings. The SMILES string of the molecule is COc1ccc2cc(CCC(=O)O)c(Cl)nc2c1. The number of nitrogens with zero attached hydrogens (tertiary/aromatic N) is 1. The van der Waals surface area contributed by atoms with E-state index >= 15 is 0 Å². The Kier molecular flexibility index (Phi) is 3.67. The predicted octanol–water partition coefficient (Wildman–Crippen LogP) is 2.91. The summed E-state index contributed by atoms with van der Waals surface area (Å²) in [6.45, 7) is 0. The highest BCUT2D eigenvalue weighted by Gasteiger charge is 2.07. The van der Waals surface area contributed by atoms with Crippen LogP contribution in [0.5, 0.6) is 5.75 Å². The third-order valence-corrected chi connectivity index (χ3v) is 2.99. The van der Waals surface area contributed by atoms with E-state index in [0.717, 1.165) is 16.5 Å². The lowest BCUT2D eigenvalue weighted by atomic mass is 10.1. The molecule has 0 atom stereocenters. The summed E-state index contributed by atoms with van der Waals surface area (Å²) in [6, 6.07) is 7.37. The molecular weight excluding hydrogens is 254 g/mol. The molecule has 0 spiro atoms. The molecule has 1 heterocycles. The Morgan fingerprint density at radius 2 is 2.22 bits per heavy atom. The van der Waals surface area contributed by atoms with Gasteiger partial charge < -0.3 is 9.84 Å². The molecule has 5 heteroatoms. The summed E-state index contributed by atoms with van der Waals surface area (Å²) >= 11 is 6.04. The minimum Gasteiger partial charge on any atom is -0.497 e. The first-order valence-electron chi connectivity index (χ1n) is 5.45. The highest BCUT2D eigenvalue weighted by molar-refractivity contribution is 6.30. The van der Waals surface area contributed by atoms with Crippen LogP contribution in [0.2, 0.25) is 5.15 Å². The average Bonchev–Trinajstić information content (AvgIpc) is 2.35. The van der Waals surface area contributed by atoms with Crippen molar-refractivity contribution in [3.05, 3.63) is 35.0 Å². The third kappa shape index (κ3) is 2.71. The maximum atomic E-state index is 10.6. The van der Waals surface area contributed by atoms with Gasteiger partial charge >= 0.3 is 5.97 Å². The van der Waals surface area contributed by atoms with Crippen LogP contribution in [0, 0.1) is 0 Å². The molecule has 0 saturated carbocycles. The summed E-state index contributed by atoms with van der Waals surface area (Å²) in [5, 5.41) is 9.93. The molecule has 2 aromatic rings. The lowest BCUT2D eigenvalue weighted by Crippen LogP contribution is -1.99. The molecule has 4 nitrogen and oxygen atoms in total. The van der Waals surface area contributed by atoms with Crippen molar-refractivity contribution in [3.63, 3.8) is 0 Å². The number of hydrogen-bond acceptors (Lipinski definition) is 3. The van der Waals surface area contributed by atoms with Gasteiger partial charge in [0.2, 0.25) is 0 Å². The molecule has 0 aliphatic carbocycles. The molecule has 18 heavy (non-hydrogen) atoms. The van der Waals surface area contributed by atoms with Gasteiger partial charge in [0.05, 0.1) is 12.6 Å². The number of fused-ring (bicyclic) bond motifs is 1. The van der Waals surface area contributed by atoms with Crippen molar-refractivity contribution in [2.24, 2.45) is 0 Å². The van der Waals surface area contributed by atoms with Gasteiger partial charge in [-0.3, -0.25) is 4.79 Å². The Labute approximate surface area is 109 Å². The maximum absolute atomic E-state index is 10.6. The molecule has 1 aromatic heterocycles. The van der Waals surface area contributed by atoms with E-state index in [1.54, 1.807) is 13.2 Å². The van der Waals surface area contributed by atoms with Crippen molar-refractivity contribution >= 4 is 28.5 Å². The Hall–Kier alpha value is -1.81. The van der Waals surface area contributed by atoms with E-state index in [9.17, 15) is 4.79 Å². The van der Waals surface area contributed by atoms with Crippen LogP contribution in [-0.4, -0.2) is 23.2 Å². The fourth-order valence-corrected chi connectivity index (χ4v) is 1.95. The highest BCUT2D eigenvalue weighted by Crippen LogP contribution is 2.24. The third-order valence-electron chi connectivity index (χ3n) is 2.66. The van der Waals surface area contributed by atoms with E-state index in [4.69, 9.17) is 21.4 Å². The minimum atomic E-state index is -0.846. The Morgan fingerprint density at radius 3 is 2.89 bits per heavy atom. The average molecular weight is 266 g/mol. The molecule has 0 bridgehead atoms. The first-order chi connectivity index (χ1) is 8.60. The van der Waals surface area contributed by atoms with Gasteiger partial charge in [-0.2, -0.15) is 0 Å². The van der Waals surface area contributed by atoms with Gasteiger partial charge in [0, 0.05) is 17.9 Å². The standard InChI is InChI=1S/C13H12ClNO3/c1-18-10-4-2-8-6-9(3-5-12(16)17)13(14)15-11(8)7-10/h2,4,6-7H,3,5H2,1H3,(H,16,17). The molecule has 0 saturated heterocycles. The van der Waals surface area contributed by atoms with E-state index in [-0.39, 0.29) is 6.42 Å². The molecular formula is C13H12ClNO3. The molecule has 0 radical (unpaired) electrons. The van der Waals surface area contributed by atoms with E-state index in [0.29, 0.717) is 17.3 Å². The van der Waals surface area contributed by atoms with Gasteiger partial charge in [0.25, 0.3) is 0 Å². The Morgan fingerprint density at radius 1 is 1.44 bits per heavy atom. The monoisotopic (exact) mass is 265 g/mol. The number of halogens is 1. The number of carboxylic acid groups (broad SMARTS) is 1. The van der Waals surface area contributed by atoms with Crippen molar-refractivity contribution in [3.8, 4) is 5.75 Å². The fourth-order valence-electron chi connectivity index (χ4n) is 1.71.